The van der Waals surface area contributed by atoms with E-state index >= 15 is 0 Å². The number of benzene rings is 1. The van der Waals surface area contributed by atoms with Gasteiger partial charge in [-0.3, -0.25) is 0 Å². The number of aliphatic hydroxyl groups is 1. The van der Waals surface area contributed by atoms with E-state index in [1.807, 2.05) is 0 Å². The first-order valence-electron chi connectivity index (χ1n) is 5.46. The van der Waals surface area contributed by atoms with Crippen molar-refractivity contribution in [3.63, 3.8) is 0 Å². The van der Waals surface area contributed by atoms with Gasteiger partial charge in [0.25, 0.3) is 0 Å². The third-order valence-electron chi connectivity index (χ3n) is 3.59. The van der Waals surface area contributed by atoms with Crippen LogP contribution in [0.3, 0.4) is 0 Å². The molecule has 2 aliphatic carbocycles. The number of hydrogen-bond acceptors (Lipinski definition) is 1. The van der Waals surface area contributed by atoms with E-state index in [4.69, 9.17) is 0 Å². The molecule has 0 amide bonds. The Balaban J connectivity index is 2.14. The van der Waals surface area contributed by atoms with Crippen LogP contribution in [0.15, 0.2) is 48.6 Å². The van der Waals surface area contributed by atoms with E-state index in [9.17, 15) is 5.11 Å². The van der Waals surface area contributed by atoms with Gasteiger partial charge in [-0.05, 0) is 17.0 Å². The van der Waals surface area contributed by atoms with Gasteiger partial charge >= 0.3 is 0 Å². The zero-order valence-corrected chi connectivity index (χ0v) is 8.51. The highest BCUT2D eigenvalue weighted by Crippen LogP contribution is 2.48. The fourth-order valence-electron chi connectivity index (χ4n) is 2.90. The van der Waals surface area contributed by atoms with Crippen LogP contribution in [-0.2, 0) is 0 Å². The maximum atomic E-state index is 9.49. The highest BCUT2D eigenvalue weighted by molar-refractivity contribution is 5.46. The van der Waals surface area contributed by atoms with E-state index in [2.05, 4.69) is 48.6 Å². The third kappa shape index (κ3) is 1.20. The lowest BCUT2D eigenvalue weighted by molar-refractivity contribution is 0.244. The second kappa shape index (κ2) is 3.35. The fraction of sp³-hybridized carbons (Fsp3) is 0.286. The van der Waals surface area contributed by atoms with Crippen LogP contribution < -0.4 is 0 Å². The van der Waals surface area contributed by atoms with E-state index in [-0.39, 0.29) is 12.5 Å². The number of aliphatic hydroxyl groups excluding tert-OH is 1. The topological polar surface area (TPSA) is 20.2 Å². The van der Waals surface area contributed by atoms with Crippen LogP contribution in [0, 0.1) is 5.92 Å². The van der Waals surface area contributed by atoms with Crippen molar-refractivity contribution < 1.29 is 5.11 Å². The Morgan fingerprint density at radius 2 is 1.73 bits per heavy atom. The number of hydrogen-bond donors (Lipinski definition) is 1. The molecule has 76 valence electrons. The molecule has 0 aromatic heterocycles. The molecule has 0 heterocycles. The van der Waals surface area contributed by atoms with Crippen LogP contribution in [0.5, 0.6) is 0 Å². The maximum Gasteiger partial charge on any atom is 0.0505 e. The summed E-state index contributed by atoms with van der Waals surface area (Å²) < 4.78 is 0. The van der Waals surface area contributed by atoms with Gasteiger partial charge in [-0.1, -0.05) is 48.6 Å². The van der Waals surface area contributed by atoms with Crippen molar-refractivity contribution in [2.75, 3.05) is 6.61 Å². The number of rotatable bonds is 1. The molecule has 0 bridgehead atoms. The average molecular weight is 198 g/mol. The Morgan fingerprint density at radius 3 is 2.53 bits per heavy atom. The van der Waals surface area contributed by atoms with Crippen molar-refractivity contribution in [1.29, 1.82) is 0 Å². The van der Waals surface area contributed by atoms with Crippen LogP contribution in [0.1, 0.15) is 23.0 Å². The molecule has 1 nitrogen and oxygen atoms in total. The predicted octanol–water partition coefficient (Wildman–Crippen LogP) is 2.60. The summed E-state index contributed by atoms with van der Waals surface area (Å²) in [6, 6.07) is 8.48. The Kier molecular flexibility index (Phi) is 2.00. The second-order valence-corrected chi connectivity index (χ2v) is 4.29. The van der Waals surface area contributed by atoms with E-state index in [0.29, 0.717) is 11.8 Å². The minimum absolute atomic E-state index is 0.246. The fourth-order valence-corrected chi connectivity index (χ4v) is 2.90. The standard InChI is InChI=1S/C14H14O/c15-9-14-12-7-3-1-5-10(12)11-6-2-4-8-13(11)14/h1-8,10,12,14-15H,9H2/t10-,12?,14?/m1/s1. The minimum atomic E-state index is 0.246. The lowest BCUT2D eigenvalue weighted by Gasteiger charge is -2.20. The van der Waals surface area contributed by atoms with Gasteiger partial charge in [0.05, 0.1) is 6.61 Å². The predicted molar refractivity (Wildman–Crippen MR) is 60.8 cm³/mol. The summed E-state index contributed by atoms with van der Waals surface area (Å²) in [5.74, 6) is 1.22. The molecule has 0 saturated heterocycles. The monoisotopic (exact) mass is 198 g/mol. The first-order valence-corrected chi connectivity index (χ1v) is 5.46. The summed E-state index contributed by atoms with van der Waals surface area (Å²) >= 11 is 0. The SMILES string of the molecule is OCC1c2ccccc2[C@H]2C=CC=CC12. The molecule has 15 heavy (non-hydrogen) atoms. The molecule has 1 aromatic rings. The van der Waals surface area contributed by atoms with Gasteiger partial charge in [0.1, 0.15) is 0 Å². The zero-order chi connectivity index (χ0) is 10.3. The van der Waals surface area contributed by atoms with Crippen molar-refractivity contribution in [2.45, 2.75) is 11.8 Å². The van der Waals surface area contributed by atoms with Crippen LogP contribution in [0.2, 0.25) is 0 Å². The molecule has 1 N–H and O–H groups in total. The summed E-state index contributed by atoms with van der Waals surface area (Å²) in [5, 5.41) is 9.49. The maximum absolute atomic E-state index is 9.49. The first kappa shape index (κ1) is 8.93. The molecule has 0 radical (unpaired) electrons. The molecule has 0 spiro atoms. The van der Waals surface area contributed by atoms with Crippen molar-refractivity contribution in [2.24, 2.45) is 5.92 Å². The van der Waals surface area contributed by atoms with E-state index in [1.54, 1.807) is 0 Å². The Hall–Kier alpha value is -1.34. The van der Waals surface area contributed by atoms with Crippen molar-refractivity contribution >= 4 is 0 Å². The van der Waals surface area contributed by atoms with E-state index < -0.39 is 0 Å². The Morgan fingerprint density at radius 1 is 1.00 bits per heavy atom. The van der Waals surface area contributed by atoms with E-state index in [0.717, 1.165) is 0 Å². The molecule has 0 aliphatic heterocycles. The van der Waals surface area contributed by atoms with Gasteiger partial charge in [-0.25, -0.2) is 0 Å². The lowest BCUT2D eigenvalue weighted by atomic mass is 9.84. The largest absolute Gasteiger partial charge is 0.396 e. The number of allylic oxidation sites excluding steroid dienone is 4. The summed E-state index contributed by atoms with van der Waals surface area (Å²) in [7, 11) is 0. The first-order chi connectivity index (χ1) is 7.42. The molecule has 0 fully saturated rings. The van der Waals surface area contributed by atoms with Gasteiger partial charge in [0.2, 0.25) is 0 Å². The summed E-state index contributed by atoms with van der Waals surface area (Å²) in [6.45, 7) is 0.246. The smallest absolute Gasteiger partial charge is 0.0505 e. The third-order valence-corrected chi connectivity index (χ3v) is 3.59. The van der Waals surface area contributed by atoms with Crippen LogP contribution >= 0.6 is 0 Å². The molecule has 1 aromatic carbocycles. The van der Waals surface area contributed by atoms with Crippen molar-refractivity contribution in [3.05, 3.63) is 59.7 Å². The molecular formula is C14H14O. The molecule has 1 heteroatoms. The lowest BCUT2D eigenvalue weighted by Crippen LogP contribution is -2.13. The average Bonchev–Trinajstić information content (AvgIpc) is 2.63. The molecule has 2 aliphatic rings. The quantitative estimate of drug-likeness (QED) is 0.735. The van der Waals surface area contributed by atoms with Crippen molar-refractivity contribution in [1.82, 2.24) is 0 Å². The van der Waals surface area contributed by atoms with Crippen molar-refractivity contribution in [3.8, 4) is 0 Å². The van der Waals surface area contributed by atoms with Crippen LogP contribution in [-0.4, -0.2) is 11.7 Å². The van der Waals surface area contributed by atoms with E-state index in [1.165, 1.54) is 11.1 Å². The Labute approximate surface area is 89.8 Å². The molecule has 2 unspecified atom stereocenters. The summed E-state index contributed by atoms with van der Waals surface area (Å²) in [5.41, 5.74) is 2.72. The highest BCUT2D eigenvalue weighted by atomic mass is 16.3. The van der Waals surface area contributed by atoms with Gasteiger partial charge in [-0.15, -0.1) is 0 Å². The molecule has 3 atom stereocenters. The van der Waals surface area contributed by atoms with Crippen LogP contribution in [0.4, 0.5) is 0 Å². The normalized spacial score (nSPS) is 31.4. The number of fused-ring (bicyclic) bond motifs is 3. The molecule has 0 saturated carbocycles. The highest BCUT2D eigenvalue weighted by Gasteiger charge is 2.37. The minimum Gasteiger partial charge on any atom is -0.396 e. The van der Waals surface area contributed by atoms with Crippen LogP contribution in [0.25, 0.3) is 0 Å². The van der Waals surface area contributed by atoms with Gasteiger partial charge in [0.15, 0.2) is 0 Å². The second-order valence-electron chi connectivity index (χ2n) is 4.29. The Bertz CT molecular complexity index is 431. The molecular weight excluding hydrogens is 184 g/mol. The van der Waals surface area contributed by atoms with Gasteiger partial charge in [0, 0.05) is 11.8 Å². The summed E-state index contributed by atoms with van der Waals surface area (Å²) in [4.78, 5) is 0. The van der Waals surface area contributed by atoms with Gasteiger partial charge in [-0.2, -0.15) is 0 Å². The summed E-state index contributed by atoms with van der Waals surface area (Å²) in [6.07, 6.45) is 8.68. The zero-order valence-electron chi connectivity index (χ0n) is 8.51. The molecule has 3 rings (SSSR count). The van der Waals surface area contributed by atoms with Gasteiger partial charge < -0.3 is 5.11 Å².